The van der Waals surface area contributed by atoms with Gasteiger partial charge >= 0.3 is 0 Å². The summed E-state index contributed by atoms with van der Waals surface area (Å²) < 4.78 is 5.30. The summed E-state index contributed by atoms with van der Waals surface area (Å²) in [6, 6.07) is -0.0885. The van der Waals surface area contributed by atoms with Crippen LogP contribution in [0.3, 0.4) is 0 Å². The molecule has 1 heterocycles. The van der Waals surface area contributed by atoms with Crippen molar-refractivity contribution in [3.63, 3.8) is 0 Å². The average Bonchev–Trinajstić information content (AvgIpc) is 2.34. The molecule has 0 spiro atoms. The molecule has 0 aromatic carbocycles. The summed E-state index contributed by atoms with van der Waals surface area (Å²) in [5, 5.41) is 6.19. The standard InChI is InChI=1S/C12H24N2O2/c1-3-6-13-12(15)10(2)14-9-11-4-7-16-8-5-11/h10-11,14H,3-9H2,1-2H3,(H,13,15). The van der Waals surface area contributed by atoms with E-state index in [1.165, 1.54) is 0 Å². The molecule has 0 aliphatic carbocycles. The number of carbonyl (C=O) groups is 1. The third kappa shape index (κ3) is 4.94. The van der Waals surface area contributed by atoms with Crippen molar-refractivity contribution in [1.82, 2.24) is 10.6 Å². The lowest BCUT2D eigenvalue weighted by Gasteiger charge is -2.24. The average molecular weight is 228 g/mol. The van der Waals surface area contributed by atoms with Gasteiger partial charge in [0.05, 0.1) is 6.04 Å². The van der Waals surface area contributed by atoms with Gasteiger partial charge in [-0.05, 0) is 38.6 Å². The zero-order chi connectivity index (χ0) is 11.8. The molecule has 94 valence electrons. The Balaban J connectivity index is 2.12. The fourth-order valence-corrected chi connectivity index (χ4v) is 1.79. The maximum Gasteiger partial charge on any atom is 0.236 e. The summed E-state index contributed by atoms with van der Waals surface area (Å²) >= 11 is 0. The normalized spacial score (nSPS) is 19.4. The quantitative estimate of drug-likeness (QED) is 0.710. The molecule has 1 aliphatic rings. The summed E-state index contributed by atoms with van der Waals surface area (Å²) in [7, 11) is 0. The highest BCUT2D eigenvalue weighted by atomic mass is 16.5. The summed E-state index contributed by atoms with van der Waals surface area (Å²) in [5.41, 5.74) is 0. The molecule has 0 bridgehead atoms. The zero-order valence-corrected chi connectivity index (χ0v) is 10.4. The highest BCUT2D eigenvalue weighted by molar-refractivity contribution is 5.81. The fraction of sp³-hybridized carbons (Fsp3) is 0.917. The highest BCUT2D eigenvalue weighted by Gasteiger charge is 2.16. The lowest BCUT2D eigenvalue weighted by Crippen LogP contribution is -2.44. The van der Waals surface area contributed by atoms with Gasteiger partial charge in [0.15, 0.2) is 0 Å². The molecule has 1 unspecified atom stereocenters. The van der Waals surface area contributed by atoms with Crippen molar-refractivity contribution >= 4 is 5.91 Å². The minimum absolute atomic E-state index is 0.0885. The van der Waals surface area contributed by atoms with Gasteiger partial charge < -0.3 is 15.4 Å². The van der Waals surface area contributed by atoms with E-state index in [4.69, 9.17) is 4.74 Å². The number of ether oxygens (including phenoxy) is 1. The number of amides is 1. The van der Waals surface area contributed by atoms with Crippen LogP contribution in [-0.4, -0.2) is 38.3 Å². The van der Waals surface area contributed by atoms with Gasteiger partial charge in [0.25, 0.3) is 0 Å². The van der Waals surface area contributed by atoms with E-state index in [9.17, 15) is 4.79 Å². The van der Waals surface area contributed by atoms with Gasteiger partial charge in [-0.25, -0.2) is 0 Å². The summed E-state index contributed by atoms with van der Waals surface area (Å²) in [5.74, 6) is 0.768. The van der Waals surface area contributed by atoms with Crippen LogP contribution in [0, 0.1) is 5.92 Å². The van der Waals surface area contributed by atoms with Crippen molar-refractivity contribution in [1.29, 1.82) is 0 Å². The fourth-order valence-electron chi connectivity index (χ4n) is 1.79. The Hall–Kier alpha value is -0.610. The number of carbonyl (C=O) groups excluding carboxylic acids is 1. The van der Waals surface area contributed by atoms with Crippen LogP contribution in [0.2, 0.25) is 0 Å². The Morgan fingerprint density at radius 1 is 1.44 bits per heavy atom. The zero-order valence-electron chi connectivity index (χ0n) is 10.4. The number of hydrogen-bond donors (Lipinski definition) is 2. The topological polar surface area (TPSA) is 50.4 Å². The van der Waals surface area contributed by atoms with Crippen LogP contribution in [0.5, 0.6) is 0 Å². The molecule has 0 radical (unpaired) electrons. The maximum absolute atomic E-state index is 11.6. The third-order valence-electron chi connectivity index (χ3n) is 3.00. The Kier molecular flexibility index (Phi) is 6.42. The molecule has 0 saturated carbocycles. The molecule has 2 N–H and O–H groups in total. The van der Waals surface area contributed by atoms with Crippen LogP contribution in [0.25, 0.3) is 0 Å². The Bertz CT molecular complexity index is 203. The maximum atomic E-state index is 11.6. The predicted octanol–water partition coefficient (Wildman–Crippen LogP) is 0.917. The molecular weight excluding hydrogens is 204 g/mol. The molecule has 1 saturated heterocycles. The molecule has 4 nitrogen and oxygen atoms in total. The van der Waals surface area contributed by atoms with Gasteiger partial charge in [0, 0.05) is 19.8 Å². The van der Waals surface area contributed by atoms with E-state index < -0.39 is 0 Å². The molecule has 1 amide bonds. The van der Waals surface area contributed by atoms with Gasteiger partial charge in [-0.15, -0.1) is 0 Å². The first kappa shape index (κ1) is 13.5. The minimum atomic E-state index is -0.0885. The van der Waals surface area contributed by atoms with Gasteiger partial charge in [0.1, 0.15) is 0 Å². The van der Waals surface area contributed by atoms with E-state index in [0.29, 0.717) is 5.92 Å². The van der Waals surface area contributed by atoms with Crippen molar-refractivity contribution in [2.45, 2.75) is 39.2 Å². The van der Waals surface area contributed by atoms with Crippen LogP contribution in [0.15, 0.2) is 0 Å². The van der Waals surface area contributed by atoms with Gasteiger partial charge in [-0.1, -0.05) is 6.92 Å². The van der Waals surface area contributed by atoms with Crippen LogP contribution >= 0.6 is 0 Å². The van der Waals surface area contributed by atoms with E-state index in [1.807, 2.05) is 6.92 Å². The van der Waals surface area contributed by atoms with E-state index in [2.05, 4.69) is 17.6 Å². The first-order chi connectivity index (χ1) is 7.74. The van der Waals surface area contributed by atoms with Crippen LogP contribution in [0.1, 0.15) is 33.1 Å². The molecule has 4 heteroatoms. The first-order valence-corrected chi connectivity index (χ1v) is 6.33. The second-order valence-electron chi connectivity index (χ2n) is 4.48. The molecular formula is C12H24N2O2. The van der Waals surface area contributed by atoms with Crippen molar-refractivity contribution < 1.29 is 9.53 Å². The van der Waals surface area contributed by atoms with E-state index in [0.717, 1.165) is 45.6 Å². The first-order valence-electron chi connectivity index (χ1n) is 6.33. The number of rotatable bonds is 6. The van der Waals surface area contributed by atoms with E-state index in [-0.39, 0.29) is 11.9 Å². The molecule has 0 aromatic rings. The second kappa shape index (κ2) is 7.63. The van der Waals surface area contributed by atoms with Crippen LogP contribution < -0.4 is 10.6 Å². The van der Waals surface area contributed by atoms with E-state index in [1.54, 1.807) is 0 Å². The minimum Gasteiger partial charge on any atom is -0.381 e. The van der Waals surface area contributed by atoms with Crippen LogP contribution in [-0.2, 0) is 9.53 Å². The Labute approximate surface area is 98.1 Å². The monoisotopic (exact) mass is 228 g/mol. The lowest BCUT2D eigenvalue weighted by molar-refractivity contribution is -0.122. The van der Waals surface area contributed by atoms with E-state index >= 15 is 0 Å². The van der Waals surface area contributed by atoms with Crippen molar-refractivity contribution in [2.75, 3.05) is 26.3 Å². The SMILES string of the molecule is CCCNC(=O)C(C)NCC1CCOCC1. The van der Waals surface area contributed by atoms with Crippen molar-refractivity contribution in [3.8, 4) is 0 Å². The highest BCUT2D eigenvalue weighted by Crippen LogP contribution is 2.13. The lowest BCUT2D eigenvalue weighted by atomic mass is 10.0. The Morgan fingerprint density at radius 3 is 2.75 bits per heavy atom. The molecule has 1 rings (SSSR count). The number of hydrogen-bond acceptors (Lipinski definition) is 3. The largest absolute Gasteiger partial charge is 0.381 e. The Morgan fingerprint density at radius 2 is 2.12 bits per heavy atom. The predicted molar refractivity (Wildman–Crippen MR) is 64.3 cm³/mol. The second-order valence-corrected chi connectivity index (χ2v) is 4.48. The van der Waals surface area contributed by atoms with Crippen molar-refractivity contribution in [2.24, 2.45) is 5.92 Å². The summed E-state index contributed by atoms with van der Waals surface area (Å²) in [6.45, 7) is 7.39. The van der Waals surface area contributed by atoms with Gasteiger partial charge in [-0.3, -0.25) is 4.79 Å². The smallest absolute Gasteiger partial charge is 0.236 e. The van der Waals surface area contributed by atoms with Crippen molar-refractivity contribution in [3.05, 3.63) is 0 Å². The molecule has 0 aromatic heterocycles. The van der Waals surface area contributed by atoms with Crippen LogP contribution in [0.4, 0.5) is 0 Å². The molecule has 1 aliphatic heterocycles. The van der Waals surface area contributed by atoms with Gasteiger partial charge in [0.2, 0.25) is 5.91 Å². The van der Waals surface area contributed by atoms with Gasteiger partial charge in [-0.2, -0.15) is 0 Å². The number of nitrogens with one attached hydrogen (secondary N) is 2. The third-order valence-corrected chi connectivity index (χ3v) is 3.00. The summed E-state index contributed by atoms with van der Waals surface area (Å²) in [6.07, 6.45) is 3.20. The molecule has 1 fully saturated rings. The molecule has 16 heavy (non-hydrogen) atoms. The molecule has 1 atom stereocenters. The summed E-state index contributed by atoms with van der Waals surface area (Å²) in [4.78, 5) is 11.6.